The van der Waals surface area contributed by atoms with Crippen LogP contribution >= 0.6 is 22.9 Å². The quantitative estimate of drug-likeness (QED) is 0.727. The first-order valence-corrected chi connectivity index (χ1v) is 8.37. The SMILES string of the molecule is CN(C)c1ccc(-c2cc(CC(=O)O)c(-c3ccc(Cl)s3)o2)cn1. The van der Waals surface area contributed by atoms with E-state index in [1.807, 2.05) is 37.2 Å². The molecule has 0 aliphatic heterocycles. The van der Waals surface area contributed by atoms with Crippen LogP contribution in [0.3, 0.4) is 0 Å². The van der Waals surface area contributed by atoms with E-state index in [4.69, 9.17) is 21.1 Å². The van der Waals surface area contributed by atoms with Crippen LogP contribution in [-0.4, -0.2) is 30.2 Å². The van der Waals surface area contributed by atoms with Crippen LogP contribution in [0.1, 0.15) is 5.56 Å². The summed E-state index contributed by atoms with van der Waals surface area (Å²) in [5.41, 5.74) is 1.41. The standard InChI is InChI=1S/C17H15ClN2O3S/c1-20(2)15-6-3-10(9-19-15)12-7-11(8-16(21)22)17(23-12)13-4-5-14(18)24-13/h3-7,9H,8H2,1-2H3,(H,21,22). The maximum atomic E-state index is 11.1. The van der Waals surface area contributed by atoms with Crippen LogP contribution in [0.25, 0.3) is 22.0 Å². The average molecular weight is 363 g/mol. The van der Waals surface area contributed by atoms with E-state index >= 15 is 0 Å². The van der Waals surface area contributed by atoms with Gasteiger partial charge in [-0.3, -0.25) is 4.79 Å². The van der Waals surface area contributed by atoms with Gasteiger partial charge in [-0.15, -0.1) is 11.3 Å². The third-order valence-electron chi connectivity index (χ3n) is 3.44. The molecular weight excluding hydrogens is 348 g/mol. The average Bonchev–Trinajstić information content (AvgIpc) is 3.13. The maximum absolute atomic E-state index is 11.1. The van der Waals surface area contributed by atoms with E-state index < -0.39 is 5.97 Å². The Labute approximate surface area is 148 Å². The summed E-state index contributed by atoms with van der Waals surface area (Å²) in [7, 11) is 3.83. The number of carboxylic acids is 1. The van der Waals surface area contributed by atoms with E-state index in [-0.39, 0.29) is 6.42 Å². The number of furan rings is 1. The summed E-state index contributed by atoms with van der Waals surface area (Å²) in [6.07, 6.45) is 1.60. The van der Waals surface area contributed by atoms with Crippen LogP contribution < -0.4 is 4.90 Å². The Morgan fingerprint density at radius 3 is 2.67 bits per heavy atom. The van der Waals surface area contributed by atoms with Crippen LogP contribution in [0.15, 0.2) is 40.9 Å². The molecule has 0 saturated heterocycles. The molecule has 7 heteroatoms. The largest absolute Gasteiger partial charge is 0.481 e. The molecule has 0 aliphatic rings. The van der Waals surface area contributed by atoms with Gasteiger partial charge in [-0.05, 0) is 30.3 Å². The highest BCUT2D eigenvalue weighted by Gasteiger charge is 2.18. The number of carboxylic acid groups (broad SMARTS) is 1. The van der Waals surface area contributed by atoms with Crippen molar-refractivity contribution in [2.45, 2.75) is 6.42 Å². The van der Waals surface area contributed by atoms with Crippen molar-refractivity contribution < 1.29 is 14.3 Å². The number of pyridine rings is 1. The molecule has 24 heavy (non-hydrogen) atoms. The molecule has 0 radical (unpaired) electrons. The minimum atomic E-state index is -0.910. The fourth-order valence-electron chi connectivity index (χ4n) is 2.31. The molecule has 3 heterocycles. The van der Waals surface area contributed by atoms with Gasteiger partial charge >= 0.3 is 5.97 Å². The summed E-state index contributed by atoms with van der Waals surface area (Å²) in [5.74, 6) is 1.05. The normalized spacial score (nSPS) is 10.8. The van der Waals surface area contributed by atoms with E-state index in [9.17, 15) is 4.79 Å². The molecule has 3 rings (SSSR count). The van der Waals surface area contributed by atoms with Gasteiger partial charge in [-0.2, -0.15) is 0 Å². The highest BCUT2D eigenvalue weighted by Crippen LogP contribution is 2.38. The first-order chi connectivity index (χ1) is 11.4. The van der Waals surface area contributed by atoms with Gasteiger partial charge in [0.25, 0.3) is 0 Å². The number of halogens is 1. The number of rotatable bonds is 5. The number of aromatic nitrogens is 1. The molecule has 0 aliphatic carbocycles. The molecule has 3 aromatic rings. The van der Waals surface area contributed by atoms with Crippen LogP contribution in [0.5, 0.6) is 0 Å². The number of carbonyl (C=O) groups is 1. The lowest BCUT2D eigenvalue weighted by Gasteiger charge is -2.10. The van der Waals surface area contributed by atoms with Crippen molar-refractivity contribution in [3.63, 3.8) is 0 Å². The fraction of sp³-hybridized carbons (Fsp3) is 0.176. The van der Waals surface area contributed by atoms with Gasteiger partial charge in [-0.1, -0.05) is 11.6 Å². The fourth-order valence-corrected chi connectivity index (χ4v) is 3.37. The summed E-state index contributed by atoms with van der Waals surface area (Å²) in [4.78, 5) is 18.2. The molecule has 0 amide bonds. The first kappa shape index (κ1) is 16.5. The zero-order chi connectivity index (χ0) is 17.3. The van der Waals surface area contributed by atoms with E-state index in [0.717, 1.165) is 16.3 Å². The lowest BCUT2D eigenvalue weighted by molar-refractivity contribution is -0.136. The van der Waals surface area contributed by atoms with Gasteiger partial charge in [0.1, 0.15) is 17.3 Å². The van der Waals surface area contributed by atoms with Crippen molar-refractivity contribution in [2.24, 2.45) is 0 Å². The van der Waals surface area contributed by atoms with Crippen molar-refractivity contribution in [3.05, 3.63) is 46.4 Å². The summed E-state index contributed by atoms with van der Waals surface area (Å²) >= 11 is 7.34. The zero-order valence-corrected chi connectivity index (χ0v) is 14.7. The highest BCUT2D eigenvalue weighted by molar-refractivity contribution is 7.19. The summed E-state index contributed by atoms with van der Waals surface area (Å²) < 4.78 is 6.56. The molecule has 1 N–H and O–H groups in total. The topological polar surface area (TPSA) is 66.6 Å². The molecule has 0 atom stereocenters. The monoisotopic (exact) mass is 362 g/mol. The third-order valence-corrected chi connectivity index (χ3v) is 4.67. The lowest BCUT2D eigenvalue weighted by Crippen LogP contribution is -2.09. The van der Waals surface area contributed by atoms with Crippen molar-refractivity contribution in [1.29, 1.82) is 0 Å². The number of hydrogen-bond acceptors (Lipinski definition) is 5. The lowest BCUT2D eigenvalue weighted by atomic mass is 10.1. The van der Waals surface area contributed by atoms with Gasteiger partial charge in [-0.25, -0.2) is 4.98 Å². The van der Waals surface area contributed by atoms with Crippen LogP contribution in [-0.2, 0) is 11.2 Å². The molecule has 0 bridgehead atoms. The van der Waals surface area contributed by atoms with Crippen molar-refractivity contribution in [3.8, 4) is 22.0 Å². The Bertz CT molecular complexity index is 868. The van der Waals surface area contributed by atoms with Gasteiger partial charge < -0.3 is 14.4 Å². The Morgan fingerprint density at radius 1 is 1.33 bits per heavy atom. The smallest absolute Gasteiger partial charge is 0.307 e. The number of anilines is 1. The molecule has 0 fully saturated rings. The van der Waals surface area contributed by atoms with Crippen molar-refractivity contribution >= 4 is 34.7 Å². The van der Waals surface area contributed by atoms with Crippen LogP contribution in [0.2, 0.25) is 4.34 Å². The molecular formula is C17H15ClN2O3S. The third kappa shape index (κ3) is 3.44. The second-order valence-electron chi connectivity index (χ2n) is 5.44. The summed E-state index contributed by atoms with van der Waals surface area (Å²) in [5, 5.41) is 9.14. The zero-order valence-electron chi connectivity index (χ0n) is 13.1. The summed E-state index contributed by atoms with van der Waals surface area (Å²) in [6.45, 7) is 0. The predicted molar refractivity (Wildman–Crippen MR) is 95.9 cm³/mol. The van der Waals surface area contributed by atoms with Gasteiger partial charge in [0.15, 0.2) is 0 Å². The minimum absolute atomic E-state index is 0.114. The molecule has 5 nitrogen and oxygen atoms in total. The van der Waals surface area contributed by atoms with Crippen LogP contribution in [0.4, 0.5) is 5.82 Å². The van der Waals surface area contributed by atoms with Gasteiger partial charge in [0, 0.05) is 31.4 Å². The van der Waals surface area contributed by atoms with E-state index in [1.165, 1.54) is 11.3 Å². The Hall–Kier alpha value is -2.31. The maximum Gasteiger partial charge on any atom is 0.307 e. The highest BCUT2D eigenvalue weighted by atomic mass is 35.5. The van der Waals surface area contributed by atoms with E-state index in [0.29, 0.717) is 21.4 Å². The molecule has 0 aromatic carbocycles. The molecule has 0 saturated carbocycles. The predicted octanol–water partition coefficient (Wildman–Crippen LogP) is 4.42. The number of nitrogens with zero attached hydrogens (tertiary/aromatic N) is 2. The van der Waals surface area contributed by atoms with Gasteiger partial charge in [0.05, 0.1) is 15.6 Å². The Balaban J connectivity index is 2.02. The van der Waals surface area contributed by atoms with E-state index in [1.54, 1.807) is 18.3 Å². The second kappa shape index (κ2) is 6.67. The molecule has 0 spiro atoms. The minimum Gasteiger partial charge on any atom is -0.481 e. The van der Waals surface area contributed by atoms with Gasteiger partial charge in [0.2, 0.25) is 0 Å². The van der Waals surface area contributed by atoms with Crippen LogP contribution in [0, 0.1) is 0 Å². The van der Waals surface area contributed by atoms with Crippen molar-refractivity contribution in [2.75, 3.05) is 19.0 Å². The molecule has 0 unspecified atom stereocenters. The molecule has 3 aromatic heterocycles. The molecule has 124 valence electrons. The summed E-state index contributed by atoms with van der Waals surface area (Å²) in [6, 6.07) is 9.13. The second-order valence-corrected chi connectivity index (χ2v) is 7.15. The van der Waals surface area contributed by atoms with Crippen molar-refractivity contribution in [1.82, 2.24) is 4.98 Å². The Kier molecular flexibility index (Phi) is 4.59. The number of aliphatic carboxylic acids is 1. The Morgan fingerprint density at radius 2 is 2.12 bits per heavy atom. The first-order valence-electron chi connectivity index (χ1n) is 7.18. The number of thiophene rings is 1. The number of hydrogen-bond donors (Lipinski definition) is 1. The van der Waals surface area contributed by atoms with E-state index in [2.05, 4.69) is 4.98 Å².